The third kappa shape index (κ3) is 3.57. The van der Waals surface area contributed by atoms with Crippen LogP contribution in [0.4, 0.5) is 5.82 Å². The molecule has 2 heterocycles. The highest BCUT2D eigenvalue weighted by atomic mass is 35.5. The Balaban J connectivity index is 1.90. The van der Waals surface area contributed by atoms with Crippen molar-refractivity contribution in [3.05, 3.63) is 22.8 Å². The van der Waals surface area contributed by atoms with E-state index >= 15 is 0 Å². The lowest BCUT2D eigenvalue weighted by atomic mass is 10.1. The quantitative estimate of drug-likeness (QED) is 0.903. The summed E-state index contributed by atoms with van der Waals surface area (Å²) in [6, 6.07) is 3.55. The van der Waals surface area contributed by atoms with Gasteiger partial charge in [0.2, 0.25) is 0 Å². The summed E-state index contributed by atoms with van der Waals surface area (Å²) in [7, 11) is 4.29. The first-order valence-corrected chi connectivity index (χ1v) is 6.70. The third-order valence-corrected chi connectivity index (χ3v) is 3.76. The van der Waals surface area contributed by atoms with Crippen molar-refractivity contribution in [3.63, 3.8) is 0 Å². The topological polar surface area (TPSA) is 45.4 Å². The van der Waals surface area contributed by atoms with Crippen LogP contribution in [0.1, 0.15) is 12.1 Å². The molecule has 1 atom stereocenters. The molecule has 18 heavy (non-hydrogen) atoms. The Hall–Kier alpha value is -0.840. The maximum atomic E-state index is 6.13. The number of nitrogens with two attached hydrogens (primary N) is 1. The number of hydrogen-bond donors (Lipinski definition) is 1. The lowest BCUT2D eigenvalue weighted by Crippen LogP contribution is -2.27. The molecule has 1 aromatic heterocycles. The Labute approximate surface area is 114 Å². The summed E-state index contributed by atoms with van der Waals surface area (Å²) >= 11 is 6.13. The summed E-state index contributed by atoms with van der Waals surface area (Å²) in [5, 5.41) is 0.694. The van der Waals surface area contributed by atoms with Crippen LogP contribution in [0.25, 0.3) is 0 Å². The monoisotopic (exact) mass is 268 g/mol. The average molecular weight is 269 g/mol. The molecule has 0 aromatic carbocycles. The zero-order valence-electron chi connectivity index (χ0n) is 11.1. The second-order valence-corrected chi connectivity index (χ2v) is 5.69. The summed E-state index contributed by atoms with van der Waals surface area (Å²) in [6.45, 7) is 4.22. The Kier molecular flexibility index (Phi) is 4.43. The SMILES string of the molecule is CN1CCC(CN(C)Cc2nc(N)ccc2Cl)C1. The first-order chi connectivity index (χ1) is 8.54. The zero-order valence-corrected chi connectivity index (χ0v) is 11.8. The van der Waals surface area contributed by atoms with Crippen molar-refractivity contribution in [3.8, 4) is 0 Å². The van der Waals surface area contributed by atoms with E-state index in [0.29, 0.717) is 10.8 Å². The van der Waals surface area contributed by atoms with Crippen molar-refractivity contribution in [1.82, 2.24) is 14.8 Å². The van der Waals surface area contributed by atoms with Gasteiger partial charge in [0.05, 0.1) is 10.7 Å². The second-order valence-electron chi connectivity index (χ2n) is 5.28. The Bertz CT molecular complexity index is 410. The molecule has 1 aliphatic heterocycles. The molecule has 2 rings (SSSR count). The highest BCUT2D eigenvalue weighted by molar-refractivity contribution is 6.31. The molecule has 5 heteroatoms. The summed E-state index contributed by atoms with van der Waals surface area (Å²) in [4.78, 5) is 8.95. The van der Waals surface area contributed by atoms with Crippen LogP contribution in [0.2, 0.25) is 5.02 Å². The molecule has 0 bridgehead atoms. The van der Waals surface area contributed by atoms with E-state index in [4.69, 9.17) is 17.3 Å². The Morgan fingerprint density at radius 1 is 1.56 bits per heavy atom. The van der Waals surface area contributed by atoms with E-state index in [2.05, 4.69) is 28.9 Å². The zero-order chi connectivity index (χ0) is 13.1. The van der Waals surface area contributed by atoms with E-state index in [1.54, 1.807) is 6.07 Å². The van der Waals surface area contributed by atoms with Gasteiger partial charge in [0.15, 0.2) is 0 Å². The predicted octanol–water partition coefficient (Wildman–Crippen LogP) is 1.70. The minimum atomic E-state index is 0.531. The molecule has 1 aliphatic rings. The van der Waals surface area contributed by atoms with Crippen LogP contribution in [-0.2, 0) is 6.54 Å². The highest BCUT2D eigenvalue weighted by Crippen LogP contribution is 2.19. The molecular weight excluding hydrogens is 248 g/mol. The van der Waals surface area contributed by atoms with Gasteiger partial charge in [-0.05, 0) is 45.1 Å². The molecule has 0 radical (unpaired) electrons. The highest BCUT2D eigenvalue weighted by Gasteiger charge is 2.21. The number of likely N-dealkylation sites (tertiary alicyclic amines) is 1. The fraction of sp³-hybridized carbons (Fsp3) is 0.615. The first-order valence-electron chi connectivity index (χ1n) is 6.32. The van der Waals surface area contributed by atoms with Crippen LogP contribution in [0, 0.1) is 5.92 Å². The van der Waals surface area contributed by atoms with Crippen molar-refractivity contribution >= 4 is 17.4 Å². The van der Waals surface area contributed by atoms with Crippen LogP contribution >= 0.6 is 11.6 Å². The van der Waals surface area contributed by atoms with Crippen LogP contribution < -0.4 is 5.73 Å². The van der Waals surface area contributed by atoms with Gasteiger partial charge >= 0.3 is 0 Å². The van der Waals surface area contributed by atoms with E-state index in [1.807, 2.05) is 6.07 Å². The maximum absolute atomic E-state index is 6.13. The minimum absolute atomic E-state index is 0.531. The van der Waals surface area contributed by atoms with Crippen LogP contribution in [-0.4, -0.2) is 48.5 Å². The second kappa shape index (κ2) is 5.87. The van der Waals surface area contributed by atoms with Crippen molar-refractivity contribution < 1.29 is 0 Å². The molecule has 1 unspecified atom stereocenters. The van der Waals surface area contributed by atoms with Gasteiger partial charge in [0.1, 0.15) is 5.82 Å². The van der Waals surface area contributed by atoms with E-state index < -0.39 is 0 Å². The van der Waals surface area contributed by atoms with Crippen LogP contribution in [0.3, 0.4) is 0 Å². The molecular formula is C13H21ClN4. The molecule has 1 aromatic rings. The van der Waals surface area contributed by atoms with Gasteiger partial charge in [-0.15, -0.1) is 0 Å². The molecule has 0 aliphatic carbocycles. The van der Waals surface area contributed by atoms with E-state index in [-0.39, 0.29) is 0 Å². The largest absolute Gasteiger partial charge is 0.384 e. The fourth-order valence-corrected chi connectivity index (χ4v) is 2.71. The first kappa shape index (κ1) is 13.6. The number of nitrogen functional groups attached to an aromatic ring is 1. The number of rotatable bonds is 4. The molecule has 0 amide bonds. The van der Waals surface area contributed by atoms with Crippen LogP contribution in [0.5, 0.6) is 0 Å². The number of aromatic nitrogens is 1. The van der Waals surface area contributed by atoms with E-state index in [9.17, 15) is 0 Å². The van der Waals surface area contributed by atoms with Gasteiger partial charge in [-0.2, -0.15) is 0 Å². The number of nitrogens with zero attached hydrogens (tertiary/aromatic N) is 3. The molecule has 1 fully saturated rings. The molecule has 4 nitrogen and oxygen atoms in total. The number of anilines is 1. The number of pyridine rings is 1. The van der Waals surface area contributed by atoms with Gasteiger partial charge < -0.3 is 15.5 Å². The van der Waals surface area contributed by atoms with Crippen molar-refractivity contribution in [2.75, 3.05) is 39.5 Å². The van der Waals surface area contributed by atoms with Gasteiger partial charge in [-0.25, -0.2) is 4.98 Å². The number of hydrogen-bond acceptors (Lipinski definition) is 4. The van der Waals surface area contributed by atoms with Gasteiger partial charge in [0.25, 0.3) is 0 Å². The van der Waals surface area contributed by atoms with E-state index in [1.165, 1.54) is 19.5 Å². The van der Waals surface area contributed by atoms with Crippen molar-refractivity contribution in [1.29, 1.82) is 0 Å². The molecule has 2 N–H and O–H groups in total. The smallest absolute Gasteiger partial charge is 0.123 e. The standard InChI is InChI=1S/C13H21ClN4/c1-17-6-5-10(7-17)8-18(2)9-12-11(14)3-4-13(15)16-12/h3-4,10H,5-9H2,1-2H3,(H2,15,16). The molecule has 1 saturated heterocycles. The summed E-state index contributed by atoms with van der Waals surface area (Å²) in [5.74, 6) is 1.28. The number of halogens is 1. The molecule has 0 saturated carbocycles. The summed E-state index contributed by atoms with van der Waals surface area (Å²) in [6.07, 6.45) is 1.28. The average Bonchev–Trinajstić information content (AvgIpc) is 2.69. The normalized spacial score (nSPS) is 20.8. The van der Waals surface area contributed by atoms with Gasteiger partial charge in [-0.3, -0.25) is 0 Å². The van der Waals surface area contributed by atoms with Gasteiger partial charge in [0, 0.05) is 19.6 Å². The van der Waals surface area contributed by atoms with Crippen LogP contribution in [0.15, 0.2) is 12.1 Å². The summed E-state index contributed by atoms with van der Waals surface area (Å²) < 4.78 is 0. The molecule has 100 valence electrons. The third-order valence-electron chi connectivity index (χ3n) is 3.42. The lowest BCUT2D eigenvalue weighted by molar-refractivity contribution is 0.265. The van der Waals surface area contributed by atoms with Gasteiger partial charge in [-0.1, -0.05) is 11.6 Å². The predicted molar refractivity (Wildman–Crippen MR) is 75.6 cm³/mol. The van der Waals surface area contributed by atoms with Crippen molar-refractivity contribution in [2.24, 2.45) is 5.92 Å². The Morgan fingerprint density at radius 3 is 3.00 bits per heavy atom. The maximum Gasteiger partial charge on any atom is 0.123 e. The lowest BCUT2D eigenvalue weighted by Gasteiger charge is -2.21. The fourth-order valence-electron chi connectivity index (χ4n) is 2.55. The summed E-state index contributed by atoms with van der Waals surface area (Å²) in [5.41, 5.74) is 6.56. The van der Waals surface area contributed by atoms with E-state index in [0.717, 1.165) is 24.7 Å². The molecule has 0 spiro atoms. The van der Waals surface area contributed by atoms with Crippen molar-refractivity contribution in [2.45, 2.75) is 13.0 Å². The minimum Gasteiger partial charge on any atom is -0.384 e. The Morgan fingerprint density at radius 2 is 2.33 bits per heavy atom.